The fraction of sp³-hybridized carbons (Fsp3) is 0.769. The highest BCUT2D eigenvalue weighted by Crippen LogP contribution is 2.15. The third-order valence-corrected chi connectivity index (χ3v) is 3.69. The second-order valence-corrected chi connectivity index (χ2v) is 5.21. The number of hydrogen-bond acceptors (Lipinski definition) is 3. The largest absolute Gasteiger partial charge is 0.332 e. The Balaban J connectivity index is 1.97. The maximum atomic E-state index is 5.94. The highest BCUT2D eigenvalue weighted by molar-refractivity contribution is 5.03. The fourth-order valence-corrected chi connectivity index (χ4v) is 2.62. The van der Waals surface area contributed by atoms with Crippen molar-refractivity contribution >= 4 is 0 Å². The first-order valence-corrected chi connectivity index (χ1v) is 6.68. The first kappa shape index (κ1) is 12.6. The monoisotopic (exact) mass is 236 g/mol. The number of piperidine rings is 1. The molecule has 1 unspecified atom stereocenters. The van der Waals surface area contributed by atoms with Gasteiger partial charge in [0.2, 0.25) is 0 Å². The van der Waals surface area contributed by atoms with Crippen molar-refractivity contribution in [1.82, 2.24) is 14.5 Å². The summed E-state index contributed by atoms with van der Waals surface area (Å²) in [6.07, 6.45) is 7.86. The summed E-state index contributed by atoms with van der Waals surface area (Å²) in [5.74, 6) is 0. The minimum absolute atomic E-state index is 0.0612. The summed E-state index contributed by atoms with van der Waals surface area (Å²) >= 11 is 0. The molecule has 1 aliphatic heterocycles. The topological polar surface area (TPSA) is 47.1 Å². The van der Waals surface area contributed by atoms with Crippen molar-refractivity contribution in [3.8, 4) is 0 Å². The van der Waals surface area contributed by atoms with Crippen LogP contribution in [0.2, 0.25) is 0 Å². The van der Waals surface area contributed by atoms with Crippen LogP contribution >= 0.6 is 0 Å². The second-order valence-electron chi connectivity index (χ2n) is 5.21. The number of nitrogens with zero attached hydrogens (tertiary/aromatic N) is 3. The molecule has 1 saturated heterocycles. The molecule has 0 bridgehead atoms. The molecule has 0 radical (unpaired) electrons. The number of rotatable bonds is 4. The maximum Gasteiger partial charge on any atom is 0.0949 e. The van der Waals surface area contributed by atoms with Crippen LogP contribution in [0.25, 0.3) is 0 Å². The van der Waals surface area contributed by atoms with Crippen molar-refractivity contribution in [2.45, 2.75) is 51.7 Å². The number of hydrogen-bond donors (Lipinski definition) is 1. The lowest BCUT2D eigenvalue weighted by atomic mass is 10.1. The van der Waals surface area contributed by atoms with Gasteiger partial charge in [-0.05, 0) is 39.8 Å². The molecule has 2 heterocycles. The van der Waals surface area contributed by atoms with Crippen LogP contribution in [-0.2, 0) is 6.54 Å². The summed E-state index contributed by atoms with van der Waals surface area (Å²) in [6, 6.07) is 0.632. The van der Waals surface area contributed by atoms with E-state index in [0.717, 1.165) is 12.2 Å². The summed E-state index contributed by atoms with van der Waals surface area (Å²) in [7, 11) is 0. The molecule has 2 rings (SSSR count). The molecule has 96 valence electrons. The molecular formula is C13H24N4. The van der Waals surface area contributed by atoms with Crippen LogP contribution in [0, 0.1) is 0 Å². The molecule has 0 saturated carbocycles. The van der Waals surface area contributed by atoms with Gasteiger partial charge in [-0.2, -0.15) is 0 Å². The van der Waals surface area contributed by atoms with Crippen molar-refractivity contribution in [3.63, 3.8) is 0 Å². The van der Waals surface area contributed by atoms with Gasteiger partial charge in [-0.1, -0.05) is 6.42 Å². The molecule has 0 aromatic carbocycles. The van der Waals surface area contributed by atoms with E-state index in [9.17, 15) is 0 Å². The van der Waals surface area contributed by atoms with Crippen molar-refractivity contribution in [2.75, 3.05) is 13.1 Å². The Hall–Kier alpha value is -0.870. The summed E-state index contributed by atoms with van der Waals surface area (Å²) in [5, 5.41) is 0. The molecule has 1 fully saturated rings. The van der Waals surface area contributed by atoms with E-state index in [0.29, 0.717) is 6.04 Å². The molecular weight excluding hydrogens is 212 g/mol. The Bertz CT molecular complexity index is 339. The zero-order valence-corrected chi connectivity index (χ0v) is 11.0. The van der Waals surface area contributed by atoms with Gasteiger partial charge in [0.1, 0.15) is 0 Å². The molecule has 17 heavy (non-hydrogen) atoms. The Morgan fingerprint density at radius 3 is 2.65 bits per heavy atom. The smallest absolute Gasteiger partial charge is 0.0949 e. The molecule has 4 heteroatoms. The number of imidazole rings is 1. The summed E-state index contributed by atoms with van der Waals surface area (Å²) in [6.45, 7) is 7.79. The van der Waals surface area contributed by atoms with E-state index in [1.54, 1.807) is 0 Å². The van der Waals surface area contributed by atoms with E-state index >= 15 is 0 Å². The van der Waals surface area contributed by atoms with E-state index in [-0.39, 0.29) is 6.04 Å². The number of nitrogens with two attached hydrogens (primary N) is 1. The molecule has 1 aromatic heterocycles. The average Bonchev–Trinajstić information content (AvgIpc) is 2.78. The highest BCUT2D eigenvalue weighted by Gasteiger charge is 2.18. The van der Waals surface area contributed by atoms with Crippen molar-refractivity contribution in [3.05, 3.63) is 18.2 Å². The summed E-state index contributed by atoms with van der Waals surface area (Å²) < 4.78 is 2.20. The number of likely N-dealkylation sites (tertiary alicyclic amines) is 1. The molecule has 0 amide bonds. The van der Waals surface area contributed by atoms with Crippen LogP contribution in [0.5, 0.6) is 0 Å². The van der Waals surface area contributed by atoms with Gasteiger partial charge >= 0.3 is 0 Å². The lowest BCUT2D eigenvalue weighted by Gasteiger charge is -2.32. The lowest BCUT2D eigenvalue weighted by Crippen LogP contribution is -2.40. The first-order valence-electron chi connectivity index (χ1n) is 6.68. The average molecular weight is 236 g/mol. The number of aromatic nitrogens is 2. The first-order chi connectivity index (χ1) is 8.18. The van der Waals surface area contributed by atoms with Crippen LogP contribution in [0.3, 0.4) is 0 Å². The van der Waals surface area contributed by atoms with Crippen LogP contribution < -0.4 is 5.73 Å². The SMILES string of the molecule is CC(Cn1cncc1[C@H](C)N)N1CCCCC1. The van der Waals surface area contributed by atoms with E-state index < -0.39 is 0 Å². The predicted octanol–water partition coefficient (Wildman–Crippen LogP) is 1.78. The van der Waals surface area contributed by atoms with Gasteiger partial charge in [0.25, 0.3) is 0 Å². The maximum absolute atomic E-state index is 5.94. The van der Waals surface area contributed by atoms with E-state index in [2.05, 4.69) is 21.4 Å². The van der Waals surface area contributed by atoms with Gasteiger partial charge in [-0.25, -0.2) is 4.98 Å². The molecule has 0 aliphatic carbocycles. The molecule has 2 atom stereocenters. The molecule has 0 spiro atoms. The van der Waals surface area contributed by atoms with E-state index in [4.69, 9.17) is 5.73 Å². The van der Waals surface area contributed by atoms with Gasteiger partial charge in [0.15, 0.2) is 0 Å². The van der Waals surface area contributed by atoms with Crippen LogP contribution in [0.1, 0.15) is 44.8 Å². The van der Waals surface area contributed by atoms with Gasteiger partial charge < -0.3 is 10.3 Å². The Labute approximate surface area is 104 Å². The minimum Gasteiger partial charge on any atom is -0.332 e. The van der Waals surface area contributed by atoms with Gasteiger partial charge in [-0.3, -0.25) is 4.90 Å². The van der Waals surface area contributed by atoms with E-state index in [1.807, 2.05) is 19.4 Å². The van der Waals surface area contributed by atoms with Crippen LogP contribution in [0.4, 0.5) is 0 Å². The van der Waals surface area contributed by atoms with Gasteiger partial charge in [0, 0.05) is 24.8 Å². The third-order valence-electron chi connectivity index (χ3n) is 3.69. The van der Waals surface area contributed by atoms with Gasteiger partial charge in [0.05, 0.1) is 12.0 Å². The standard InChI is InChI=1S/C13H24N4/c1-11(16-6-4-3-5-7-16)9-17-10-15-8-13(17)12(2)14/h8,10-12H,3-7,9,14H2,1-2H3/t11?,12-/m0/s1. The Morgan fingerprint density at radius 2 is 2.00 bits per heavy atom. The molecule has 2 N–H and O–H groups in total. The summed E-state index contributed by atoms with van der Waals surface area (Å²) in [5.41, 5.74) is 7.07. The summed E-state index contributed by atoms with van der Waals surface area (Å²) in [4.78, 5) is 6.78. The Kier molecular flexibility index (Phi) is 4.18. The quantitative estimate of drug-likeness (QED) is 0.867. The van der Waals surface area contributed by atoms with Crippen molar-refractivity contribution < 1.29 is 0 Å². The van der Waals surface area contributed by atoms with E-state index in [1.165, 1.54) is 32.4 Å². The van der Waals surface area contributed by atoms with Gasteiger partial charge in [-0.15, -0.1) is 0 Å². The zero-order chi connectivity index (χ0) is 12.3. The normalized spacial score (nSPS) is 21.4. The molecule has 1 aliphatic rings. The Morgan fingerprint density at radius 1 is 1.29 bits per heavy atom. The highest BCUT2D eigenvalue weighted by atomic mass is 15.2. The molecule has 4 nitrogen and oxygen atoms in total. The lowest BCUT2D eigenvalue weighted by molar-refractivity contribution is 0.159. The second kappa shape index (κ2) is 5.65. The predicted molar refractivity (Wildman–Crippen MR) is 69.7 cm³/mol. The minimum atomic E-state index is 0.0612. The zero-order valence-electron chi connectivity index (χ0n) is 11.0. The van der Waals surface area contributed by atoms with Crippen molar-refractivity contribution in [2.24, 2.45) is 5.73 Å². The fourth-order valence-electron chi connectivity index (χ4n) is 2.62. The molecule has 1 aromatic rings. The van der Waals surface area contributed by atoms with Crippen LogP contribution in [-0.4, -0.2) is 33.6 Å². The van der Waals surface area contributed by atoms with Crippen LogP contribution in [0.15, 0.2) is 12.5 Å². The third kappa shape index (κ3) is 3.07. The van der Waals surface area contributed by atoms with Crippen molar-refractivity contribution in [1.29, 1.82) is 0 Å².